The number of hydrogen-bond acceptors (Lipinski definition) is 6. The number of piperazine rings is 1. The summed E-state index contributed by atoms with van der Waals surface area (Å²) in [6.45, 7) is 14.0. The molecule has 1 aliphatic rings. The van der Waals surface area contributed by atoms with Gasteiger partial charge in [0, 0.05) is 36.9 Å². The van der Waals surface area contributed by atoms with Crippen molar-refractivity contribution in [3.8, 4) is 16.9 Å². The van der Waals surface area contributed by atoms with Crippen LogP contribution in [-0.2, 0) is 4.79 Å². The Morgan fingerprint density at radius 2 is 1.88 bits per heavy atom. The summed E-state index contributed by atoms with van der Waals surface area (Å²) in [5.41, 5.74) is 1.36. The molecule has 8 nitrogen and oxygen atoms in total. The lowest BCUT2D eigenvalue weighted by molar-refractivity contribution is -0.128. The van der Waals surface area contributed by atoms with E-state index in [2.05, 4.69) is 16.5 Å². The minimum atomic E-state index is -1.10. The Kier molecular flexibility index (Phi) is 7.85. The van der Waals surface area contributed by atoms with Crippen LogP contribution >= 0.6 is 11.6 Å². The van der Waals surface area contributed by atoms with Crippen molar-refractivity contribution >= 4 is 34.4 Å². The van der Waals surface area contributed by atoms with E-state index in [1.807, 2.05) is 39.5 Å². The van der Waals surface area contributed by atoms with Crippen LogP contribution in [-0.4, -0.2) is 55.5 Å². The van der Waals surface area contributed by atoms with Crippen molar-refractivity contribution in [3.63, 3.8) is 0 Å². The fourth-order valence-electron chi connectivity index (χ4n) is 5.53. The van der Waals surface area contributed by atoms with E-state index in [9.17, 15) is 18.4 Å². The number of anilines is 1. The number of amides is 1. The maximum absolute atomic E-state index is 15.0. The second kappa shape index (κ2) is 11.2. The van der Waals surface area contributed by atoms with Crippen LogP contribution in [0.15, 0.2) is 54.0 Å². The topological polar surface area (TPSA) is 84.2 Å². The quantitative estimate of drug-likeness (QED) is 0.272. The fourth-order valence-corrected chi connectivity index (χ4v) is 5.79. The number of fused-ring (bicyclic) bond motifs is 1. The number of halogens is 3. The maximum atomic E-state index is 15.0. The predicted octanol–water partition coefficient (Wildman–Crippen LogP) is 5.82. The van der Waals surface area contributed by atoms with Gasteiger partial charge in [0.2, 0.25) is 5.91 Å². The van der Waals surface area contributed by atoms with Crippen molar-refractivity contribution in [2.45, 2.75) is 52.6 Å². The van der Waals surface area contributed by atoms with Gasteiger partial charge in [-0.1, -0.05) is 38.1 Å². The summed E-state index contributed by atoms with van der Waals surface area (Å²) >= 11 is 6.71. The van der Waals surface area contributed by atoms with Gasteiger partial charge in [0.1, 0.15) is 5.82 Å². The lowest BCUT2D eigenvalue weighted by Crippen LogP contribution is -2.58. The fraction of sp³-hybridized carbons (Fsp3) is 0.323. The van der Waals surface area contributed by atoms with Gasteiger partial charge in [-0.25, -0.2) is 23.1 Å². The van der Waals surface area contributed by atoms with Gasteiger partial charge < -0.3 is 9.80 Å². The molecule has 1 saturated heterocycles. The lowest BCUT2D eigenvalue weighted by atomic mass is 10.0. The summed E-state index contributed by atoms with van der Waals surface area (Å²) in [6.07, 6.45) is 2.96. The summed E-state index contributed by atoms with van der Waals surface area (Å²) in [7, 11) is 0. The molecule has 0 bridgehead atoms. The van der Waals surface area contributed by atoms with Crippen molar-refractivity contribution in [1.82, 2.24) is 24.4 Å². The molecule has 1 amide bonds. The molecule has 0 N–H and O–H groups in total. The highest BCUT2D eigenvalue weighted by Crippen LogP contribution is 2.37. The molecule has 0 saturated carbocycles. The number of carbonyl (C=O) groups excluding carboxylic acids is 1. The maximum Gasteiger partial charge on any atom is 0.355 e. The molecule has 2 atom stereocenters. The molecule has 0 radical (unpaired) electrons. The molecule has 1 aliphatic heterocycles. The van der Waals surface area contributed by atoms with Crippen molar-refractivity contribution in [2.24, 2.45) is 0 Å². The molecular weight excluding hydrogens is 562 g/mol. The monoisotopic (exact) mass is 592 g/mol. The zero-order valence-electron chi connectivity index (χ0n) is 24.0. The first-order valence-electron chi connectivity index (χ1n) is 13.7. The second-order valence-electron chi connectivity index (χ2n) is 10.9. The molecule has 0 aliphatic carbocycles. The molecule has 5 rings (SSSR count). The normalized spacial score (nSPS) is 17.3. The van der Waals surface area contributed by atoms with Crippen LogP contribution in [0.25, 0.3) is 28.0 Å². The van der Waals surface area contributed by atoms with Gasteiger partial charge in [-0.3, -0.25) is 9.78 Å². The third-order valence-corrected chi connectivity index (χ3v) is 7.94. The first-order valence-corrected chi connectivity index (χ1v) is 14.1. The predicted molar refractivity (Wildman–Crippen MR) is 160 cm³/mol. The average Bonchev–Trinajstić information content (AvgIpc) is 2.95. The van der Waals surface area contributed by atoms with Crippen LogP contribution in [0.4, 0.5) is 14.6 Å². The highest BCUT2D eigenvalue weighted by atomic mass is 35.5. The Balaban J connectivity index is 1.84. The minimum Gasteiger partial charge on any atom is -0.349 e. The van der Waals surface area contributed by atoms with Crippen molar-refractivity contribution < 1.29 is 13.6 Å². The molecule has 218 valence electrons. The Labute approximate surface area is 247 Å². The largest absolute Gasteiger partial charge is 0.355 e. The summed E-state index contributed by atoms with van der Waals surface area (Å²) in [6, 6.07) is 6.72. The zero-order valence-corrected chi connectivity index (χ0v) is 24.8. The van der Waals surface area contributed by atoms with E-state index in [0.717, 1.165) is 11.6 Å². The number of hydrogen-bond donors (Lipinski definition) is 0. The molecule has 3 aromatic heterocycles. The molecule has 1 aromatic carbocycles. The highest BCUT2D eigenvalue weighted by Gasteiger charge is 2.34. The Morgan fingerprint density at radius 3 is 2.57 bits per heavy atom. The van der Waals surface area contributed by atoms with E-state index in [1.54, 1.807) is 23.2 Å². The van der Waals surface area contributed by atoms with Gasteiger partial charge in [-0.2, -0.15) is 4.98 Å². The molecule has 11 heteroatoms. The Morgan fingerprint density at radius 1 is 1.14 bits per heavy atom. The lowest BCUT2D eigenvalue weighted by Gasteiger charge is -2.44. The molecule has 4 heterocycles. The summed E-state index contributed by atoms with van der Waals surface area (Å²) in [5.74, 6) is -2.03. The molecule has 42 heavy (non-hydrogen) atoms. The van der Waals surface area contributed by atoms with Gasteiger partial charge >= 0.3 is 5.69 Å². The Bertz CT molecular complexity index is 1790. The number of pyridine rings is 2. The first-order chi connectivity index (χ1) is 19.9. The standard InChI is InChI=1S/C31H31ClF2N6O2/c1-7-24(41)38-14-19(6)39(15-18(38)5)29-21-13-22(32)27(20-9-8-10-23(33)25(20)34)36-30(21)40(31(42)37-29)28-17(4)11-12-35-26(28)16(2)3/h7-13,16,18-19H,1,14-15H2,2-6H3/t18-,19+/m1/s1. The number of aromatic nitrogens is 4. The van der Waals surface area contributed by atoms with Gasteiger partial charge in [0.15, 0.2) is 17.3 Å². The third kappa shape index (κ3) is 4.93. The van der Waals surface area contributed by atoms with Crippen molar-refractivity contribution in [2.75, 3.05) is 18.0 Å². The van der Waals surface area contributed by atoms with Crippen molar-refractivity contribution in [3.05, 3.63) is 87.6 Å². The van der Waals surface area contributed by atoms with Crippen LogP contribution in [0.3, 0.4) is 0 Å². The van der Waals surface area contributed by atoms with E-state index >= 15 is 0 Å². The number of aryl methyl sites for hydroxylation is 1. The smallest absolute Gasteiger partial charge is 0.349 e. The van der Waals surface area contributed by atoms with Crippen LogP contribution in [0.5, 0.6) is 0 Å². The van der Waals surface area contributed by atoms with Crippen LogP contribution in [0.2, 0.25) is 5.02 Å². The molecule has 0 unspecified atom stereocenters. The first kappa shape index (κ1) is 29.3. The number of rotatable bonds is 5. The SMILES string of the molecule is C=CC(=O)N1C[C@H](C)N(c2nc(=O)n(-c3c(C)ccnc3C(C)C)c3nc(-c4cccc(F)c4F)c(Cl)cc23)C[C@H]1C. The number of nitrogens with zero attached hydrogens (tertiary/aromatic N) is 6. The van der Waals surface area contributed by atoms with Gasteiger partial charge in [0.25, 0.3) is 0 Å². The van der Waals surface area contributed by atoms with E-state index in [0.29, 0.717) is 35.7 Å². The summed E-state index contributed by atoms with van der Waals surface area (Å²) < 4.78 is 30.6. The van der Waals surface area contributed by atoms with Gasteiger partial charge in [0.05, 0.1) is 27.5 Å². The van der Waals surface area contributed by atoms with E-state index in [4.69, 9.17) is 16.6 Å². The van der Waals surface area contributed by atoms with E-state index < -0.39 is 17.3 Å². The van der Waals surface area contributed by atoms with Crippen molar-refractivity contribution in [1.29, 1.82) is 0 Å². The van der Waals surface area contributed by atoms with Crippen LogP contribution in [0.1, 0.15) is 44.9 Å². The van der Waals surface area contributed by atoms with Crippen LogP contribution < -0.4 is 10.6 Å². The molecule has 4 aromatic rings. The van der Waals surface area contributed by atoms with Crippen LogP contribution in [0, 0.1) is 18.6 Å². The summed E-state index contributed by atoms with van der Waals surface area (Å²) in [4.78, 5) is 43.9. The third-order valence-electron chi connectivity index (χ3n) is 7.65. The minimum absolute atomic E-state index is 0.0121. The van der Waals surface area contributed by atoms with Gasteiger partial charge in [-0.05, 0) is 62.6 Å². The zero-order chi connectivity index (χ0) is 30.5. The number of carbonyl (C=O) groups is 1. The Hall–Kier alpha value is -4.18. The number of benzene rings is 1. The molecule has 0 spiro atoms. The van der Waals surface area contributed by atoms with Gasteiger partial charge in [-0.15, -0.1) is 0 Å². The highest BCUT2D eigenvalue weighted by molar-refractivity contribution is 6.33. The van der Waals surface area contributed by atoms with E-state index in [1.165, 1.54) is 22.8 Å². The second-order valence-corrected chi connectivity index (χ2v) is 11.3. The molecule has 1 fully saturated rings. The molecular formula is C31H31ClF2N6O2. The summed E-state index contributed by atoms with van der Waals surface area (Å²) in [5, 5.41) is 0.508. The van der Waals surface area contributed by atoms with E-state index in [-0.39, 0.29) is 45.8 Å². The average molecular weight is 593 g/mol.